The molecule has 0 amide bonds. The first-order valence-corrected chi connectivity index (χ1v) is 5.66. The van der Waals surface area contributed by atoms with Crippen molar-refractivity contribution in [1.82, 2.24) is 4.98 Å². The van der Waals surface area contributed by atoms with Crippen LogP contribution in [0.4, 0.5) is 5.82 Å². The van der Waals surface area contributed by atoms with Crippen LogP contribution in [0.1, 0.15) is 29.6 Å². The van der Waals surface area contributed by atoms with Crippen LogP contribution in [-0.2, 0) is 0 Å². The average Bonchev–Trinajstić information content (AvgIpc) is 2.34. The molecule has 0 unspecified atom stereocenters. The van der Waals surface area contributed by atoms with E-state index in [-0.39, 0.29) is 12.2 Å². The number of nitrogens with zero attached hydrogens (tertiary/aromatic N) is 2. The lowest BCUT2D eigenvalue weighted by Gasteiger charge is -2.18. The topological polar surface area (TPSA) is 73.7 Å². The number of carbonyl (C=O) groups is 1. The monoisotopic (exact) mass is 238 g/mol. The molecule has 0 bridgehead atoms. The maximum absolute atomic E-state index is 10.8. The molecule has 1 aromatic rings. The maximum atomic E-state index is 10.8. The number of pyridine rings is 1. The summed E-state index contributed by atoms with van der Waals surface area (Å²) in [4.78, 5) is 16.9. The third-order valence-electron chi connectivity index (χ3n) is 2.54. The van der Waals surface area contributed by atoms with Crippen LogP contribution in [0.2, 0.25) is 0 Å². The smallest absolute Gasteiger partial charge is 0.335 e. The van der Waals surface area contributed by atoms with Gasteiger partial charge in [-0.25, -0.2) is 9.78 Å². The molecule has 5 heteroatoms. The highest BCUT2D eigenvalue weighted by Gasteiger charge is 2.07. The van der Waals surface area contributed by atoms with E-state index >= 15 is 0 Å². The standard InChI is InChI=1S/C12H18N2O3/c1-14(7-3-2-4-8-15)11-9-10(12(16)17)5-6-13-11/h5-6,9,15H,2-4,7-8H2,1H3,(H,16,17). The Labute approximate surface area is 101 Å². The minimum atomic E-state index is -0.942. The lowest BCUT2D eigenvalue weighted by molar-refractivity contribution is 0.0697. The molecule has 94 valence electrons. The Hall–Kier alpha value is -1.62. The molecule has 0 spiro atoms. The fourth-order valence-corrected chi connectivity index (χ4v) is 1.51. The van der Waals surface area contributed by atoms with Crippen LogP contribution in [0, 0.1) is 0 Å². The van der Waals surface area contributed by atoms with Gasteiger partial charge in [0.2, 0.25) is 0 Å². The van der Waals surface area contributed by atoms with Gasteiger partial charge in [0.1, 0.15) is 5.82 Å². The highest BCUT2D eigenvalue weighted by atomic mass is 16.4. The number of rotatable bonds is 7. The molecule has 0 radical (unpaired) electrons. The summed E-state index contributed by atoms with van der Waals surface area (Å²) in [7, 11) is 1.88. The third-order valence-corrected chi connectivity index (χ3v) is 2.54. The number of carboxylic acids is 1. The minimum absolute atomic E-state index is 0.219. The molecule has 0 aliphatic heterocycles. The Bertz CT molecular complexity index is 369. The van der Waals surface area contributed by atoms with Gasteiger partial charge in [-0.05, 0) is 31.4 Å². The van der Waals surface area contributed by atoms with Gasteiger partial charge >= 0.3 is 5.97 Å². The van der Waals surface area contributed by atoms with E-state index in [4.69, 9.17) is 10.2 Å². The lowest BCUT2D eigenvalue weighted by Crippen LogP contribution is -2.20. The first-order valence-electron chi connectivity index (χ1n) is 5.66. The number of anilines is 1. The van der Waals surface area contributed by atoms with Crippen molar-refractivity contribution in [3.05, 3.63) is 23.9 Å². The van der Waals surface area contributed by atoms with Gasteiger partial charge in [-0.2, -0.15) is 0 Å². The lowest BCUT2D eigenvalue weighted by atomic mass is 10.2. The maximum Gasteiger partial charge on any atom is 0.335 e. The van der Waals surface area contributed by atoms with E-state index in [1.165, 1.54) is 12.3 Å². The zero-order valence-corrected chi connectivity index (χ0v) is 9.96. The summed E-state index contributed by atoms with van der Waals surface area (Å²) >= 11 is 0. The molecule has 1 rings (SSSR count). The van der Waals surface area contributed by atoms with E-state index in [0.717, 1.165) is 25.8 Å². The Balaban J connectivity index is 2.53. The van der Waals surface area contributed by atoms with E-state index in [0.29, 0.717) is 5.82 Å². The fourth-order valence-electron chi connectivity index (χ4n) is 1.51. The minimum Gasteiger partial charge on any atom is -0.478 e. The van der Waals surface area contributed by atoms with E-state index in [1.54, 1.807) is 6.07 Å². The molecule has 0 aliphatic rings. The second kappa shape index (κ2) is 6.85. The Kier molecular flexibility index (Phi) is 5.42. The van der Waals surface area contributed by atoms with Gasteiger partial charge < -0.3 is 15.1 Å². The summed E-state index contributed by atoms with van der Waals surface area (Å²) in [5.74, 6) is -0.281. The van der Waals surface area contributed by atoms with Gasteiger partial charge in [0.25, 0.3) is 0 Å². The molecule has 0 atom stereocenters. The molecule has 1 aromatic heterocycles. The first-order chi connectivity index (χ1) is 8.15. The zero-order valence-electron chi connectivity index (χ0n) is 9.96. The summed E-state index contributed by atoms with van der Waals surface area (Å²) in [6.07, 6.45) is 4.22. The van der Waals surface area contributed by atoms with Gasteiger partial charge in [-0.3, -0.25) is 0 Å². The van der Waals surface area contributed by atoms with Crippen LogP contribution < -0.4 is 4.90 Å². The number of carboxylic acid groups (broad SMARTS) is 1. The predicted molar refractivity (Wildman–Crippen MR) is 65.4 cm³/mol. The molecule has 5 nitrogen and oxygen atoms in total. The van der Waals surface area contributed by atoms with E-state index < -0.39 is 5.97 Å². The van der Waals surface area contributed by atoms with Crippen molar-refractivity contribution < 1.29 is 15.0 Å². The summed E-state index contributed by atoms with van der Waals surface area (Å²) in [5, 5.41) is 17.5. The van der Waals surface area contributed by atoms with Crippen molar-refractivity contribution in [3.8, 4) is 0 Å². The third kappa shape index (κ3) is 4.40. The number of hydrogen-bond donors (Lipinski definition) is 2. The number of hydrogen-bond acceptors (Lipinski definition) is 4. The molecule has 0 aromatic carbocycles. The molecule has 2 N–H and O–H groups in total. The van der Waals surface area contributed by atoms with Crippen molar-refractivity contribution in [3.63, 3.8) is 0 Å². The second-order valence-corrected chi connectivity index (χ2v) is 3.91. The van der Waals surface area contributed by atoms with Crippen LogP contribution in [0.5, 0.6) is 0 Å². The Morgan fingerprint density at radius 1 is 1.41 bits per heavy atom. The average molecular weight is 238 g/mol. The zero-order chi connectivity index (χ0) is 12.7. The van der Waals surface area contributed by atoms with Gasteiger partial charge in [0.15, 0.2) is 0 Å². The van der Waals surface area contributed by atoms with E-state index in [2.05, 4.69) is 4.98 Å². The SMILES string of the molecule is CN(CCCCCO)c1cc(C(=O)O)ccn1. The summed E-state index contributed by atoms with van der Waals surface area (Å²) < 4.78 is 0. The Morgan fingerprint density at radius 3 is 2.82 bits per heavy atom. The van der Waals surface area contributed by atoms with Crippen LogP contribution >= 0.6 is 0 Å². The molecular formula is C12H18N2O3. The molecule has 17 heavy (non-hydrogen) atoms. The highest BCUT2D eigenvalue weighted by molar-refractivity contribution is 5.88. The highest BCUT2D eigenvalue weighted by Crippen LogP contribution is 2.12. The van der Waals surface area contributed by atoms with Crippen LogP contribution in [-0.4, -0.2) is 41.4 Å². The van der Waals surface area contributed by atoms with Crippen molar-refractivity contribution in [1.29, 1.82) is 0 Å². The molecule has 0 aliphatic carbocycles. The number of aromatic carboxylic acids is 1. The molecule has 0 saturated carbocycles. The van der Waals surface area contributed by atoms with Gasteiger partial charge in [-0.15, -0.1) is 0 Å². The normalized spacial score (nSPS) is 10.2. The summed E-state index contributed by atoms with van der Waals surface area (Å²) in [5.41, 5.74) is 0.247. The number of aromatic nitrogens is 1. The van der Waals surface area contributed by atoms with Crippen molar-refractivity contribution >= 4 is 11.8 Å². The number of aliphatic hydroxyl groups excluding tert-OH is 1. The van der Waals surface area contributed by atoms with Crippen molar-refractivity contribution in [2.75, 3.05) is 25.1 Å². The van der Waals surface area contributed by atoms with Crippen LogP contribution in [0.25, 0.3) is 0 Å². The van der Waals surface area contributed by atoms with Gasteiger partial charge in [0.05, 0.1) is 5.56 Å². The van der Waals surface area contributed by atoms with Crippen LogP contribution in [0.15, 0.2) is 18.3 Å². The molecule has 0 saturated heterocycles. The quantitative estimate of drug-likeness (QED) is 0.702. The summed E-state index contributed by atoms with van der Waals surface area (Å²) in [6, 6.07) is 3.04. The van der Waals surface area contributed by atoms with Crippen molar-refractivity contribution in [2.45, 2.75) is 19.3 Å². The van der Waals surface area contributed by atoms with E-state index in [1.807, 2.05) is 11.9 Å². The number of unbranched alkanes of at least 4 members (excludes halogenated alkanes) is 2. The molecular weight excluding hydrogens is 220 g/mol. The first kappa shape index (κ1) is 13.4. The van der Waals surface area contributed by atoms with Gasteiger partial charge in [-0.1, -0.05) is 0 Å². The van der Waals surface area contributed by atoms with Crippen molar-refractivity contribution in [2.24, 2.45) is 0 Å². The number of aliphatic hydroxyl groups is 1. The predicted octanol–water partition coefficient (Wildman–Crippen LogP) is 1.38. The molecule has 0 fully saturated rings. The summed E-state index contributed by atoms with van der Waals surface area (Å²) in [6.45, 7) is 1.02. The largest absolute Gasteiger partial charge is 0.478 e. The Morgan fingerprint density at radius 2 is 2.18 bits per heavy atom. The fraction of sp³-hybridized carbons (Fsp3) is 0.500. The molecule has 1 heterocycles. The van der Waals surface area contributed by atoms with Gasteiger partial charge in [0, 0.05) is 26.4 Å². The van der Waals surface area contributed by atoms with E-state index in [9.17, 15) is 4.79 Å². The van der Waals surface area contributed by atoms with Crippen LogP contribution in [0.3, 0.4) is 0 Å². The second-order valence-electron chi connectivity index (χ2n) is 3.91.